The van der Waals surface area contributed by atoms with Crippen LogP contribution in [0.2, 0.25) is 0 Å². The summed E-state index contributed by atoms with van der Waals surface area (Å²) in [6.45, 7) is 11.5. The van der Waals surface area contributed by atoms with E-state index in [1.54, 1.807) is 0 Å². The highest BCUT2D eigenvalue weighted by Crippen LogP contribution is 2.23. The Labute approximate surface area is 169 Å². The molecule has 0 spiro atoms. The highest BCUT2D eigenvalue weighted by Gasteiger charge is 2.33. The second kappa shape index (κ2) is 12.0. The maximum atomic E-state index is 12.8. The zero-order valence-electron chi connectivity index (χ0n) is 17.7. The third-order valence-electron chi connectivity index (χ3n) is 5.09. The molecule has 158 valence electrons. The smallest absolute Gasteiger partial charge is 0.256 e. The normalized spacial score (nSPS) is 17.1. The summed E-state index contributed by atoms with van der Waals surface area (Å²) in [4.78, 5) is 15.1. The molecule has 1 atom stereocenters. The molecule has 0 aliphatic carbocycles. The summed E-state index contributed by atoms with van der Waals surface area (Å²) in [5.74, 6) is 0.716. The van der Waals surface area contributed by atoms with E-state index in [0.717, 1.165) is 70.0 Å². The molecule has 1 N–H and O–H groups in total. The van der Waals surface area contributed by atoms with Crippen LogP contribution in [0.4, 0.5) is 5.69 Å². The van der Waals surface area contributed by atoms with Crippen LogP contribution in [0.25, 0.3) is 0 Å². The number of hydrogen-bond acceptors (Lipinski definition) is 5. The van der Waals surface area contributed by atoms with Gasteiger partial charge < -0.3 is 19.5 Å². The highest BCUT2D eigenvalue weighted by atomic mass is 16.5. The van der Waals surface area contributed by atoms with Crippen LogP contribution in [0.1, 0.15) is 46.5 Å². The first-order valence-electron chi connectivity index (χ1n) is 10.6. The van der Waals surface area contributed by atoms with Crippen molar-refractivity contribution in [2.75, 3.05) is 51.4 Å². The number of anilines is 1. The molecule has 0 unspecified atom stereocenters. The van der Waals surface area contributed by atoms with Gasteiger partial charge in [-0.15, -0.1) is 0 Å². The predicted molar refractivity (Wildman–Crippen MR) is 112 cm³/mol. The van der Waals surface area contributed by atoms with E-state index in [4.69, 9.17) is 14.2 Å². The molecule has 6 nitrogen and oxygen atoms in total. The molecule has 1 aliphatic rings. The molecule has 1 aromatic carbocycles. The Kier molecular flexibility index (Phi) is 9.75. The van der Waals surface area contributed by atoms with Gasteiger partial charge >= 0.3 is 0 Å². The zero-order valence-corrected chi connectivity index (χ0v) is 17.7. The molecule has 1 aromatic rings. The standard InChI is InChI=1S/C22H36N2O4/c1-4-6-7-12-22(3,28-5-2)21(25)23-19-8-10-20(11-9-19)27-18-15-24-13-16-26-17-14-24/h8-11H,4-7,12-18H2,1-3H3,(H,23,25)/t22-/m0/s1. The van der Waals surface area contributed by atoms with Crippen molar-refractivity contribution >= 4 is 11.6 Å². The second-order valence-corrected chi connectivity index (χ2v) is 7.40. The Morgan fingerprint density at radius 1 is 1.18 bits per heavy atom. The Morgan fingerprint density at radius 2 is 1.89 bits per heavy atom. The van der Waals surface area contributed by atoms with Gasteiger partial charge in [0.2, 0.25) is 0 Å². The number of nitrogens with one attached hydrogen (secondary N) is 1. The van der Waals surface area contributed by atoms with Crippen molar-refractivity contribution in [3.8, 4) is 5.75 Å². The van der Waals surface area contributed by atoms with Gasteiger partial charge in [0.05, 0.1) is 13.2 Å². The molecule has 1 heterocycles. The van der Waals surface area contributed by atoms with Crippen molar-refractivity contribution in [2.24, 2.45) is 0 Å². The molecule has 1 amide bonds. The van der Waals surface area contributed by atoms with Crippen molar-refractivity contribution in [3.63, 3.8) is 0 Å². The quantitative estimate of drug-likeness (QED) is 0.550. The summed E-state index contributed by atoms with van der Waals surface area (Å²) >= 11 is 0. The topological polar surface area (TPSA) is 60.0 Å². The Morgan fingerprint density at radius 3 is 2.54 bits per heavy atom. The predicted octanol–water partition coefficient (Wildman–Crippen LogP) is 3.71. The minimum atomic E-state index is -0.794. The molecule has 1 aliphatic heterocycles. The summed E-state index contributed by atoms with van der Waals surface area (Å²) in [5, 5.41) is 2.99. The lowest BCUT2D eigenvalue weighted by molar-refractivity contribution is -0.139. The van der Waals surface area contributed by atoms with Gasteiger partial charge in [0.25, 0.3) is 5.91 Å². The minimum Gasteiger partial charge on any atom is -0.492 e. The van der Waals surface area contributed by atoms with Crippen LogP contribution in [0.5, 0.6) is 5.75 Å². The molecule has 1 fully saturated rings. The lowest BCUT2D eigenvalue weighted by Crippen LogP contribution is -2.42. The molecule has 28 heavy (non-hydrogen) atoms. The number of amides is 1. The molecule has 0 radical (unpaired) electrons. The first-order chi connectivity index (χ1) is 13.6. The molecule has 0 saturated carbocycles. The number of rotatable bonds is 12. The van der Waals surface area contributed by atoms with Crippen molar-refractivity contribution in [1.82, 2.24) is 4.90 Å². The second-order valence-electron chi connectivity index (χ2n) is 7.40. The van der Waals surface area contributed by atoms with E-state index >= 15 is 0 Å². The van der Waals surface area contributed by atoms with Crippen molar-refractivity contribution in [3.05, 3.63) is 24.3 Å². The van der Waals surface area contributed by atoms with Crippen LogP contribution in [0, 0.1) is 0 Å². The van der Waals surface area contributed by atoms with E-state index in [1.165, 1.54) is 0 Å². The number of morpholine rings is 1. The monoisotopic (exact) mass is 392 g/mol. The largest absolute Gasteiger partial charge is 0.492 e. The summed E-state index contributed by atoms with van der Waals surface area (Å²) in [5.41, 5.74) is -0.0380. The van der Waals surface area contributed by atoms with E-state index < -0.39 is 5.60 Å². The number of carbonyl (C=O) groups is 1. The van der Waals surface area contributed by atoms with E-state index in [2.05, 4.69) is 17.1 Å². The van der Waals surface area contributed by atoms with Crippen molar-refractivity contribution < 1.29 is 19.0 Å². The van der Waals surface area contributed by atoms with Crippen molar-refractivity contribution in [1.29, 1.82) is 0 Å². The lowest BCUT2D eigenvalue weighted by atomic mass is 9.96. The van der Waals surface area contributed by atoms with Crippen LogP contribution in [0.15, 0.2) is 24.3 Å². The van der Waals surface area contributed by atoms with Gasteiger partial charge in [-0.3, -0.25) is 9.69 Å². The average molecular weight is 393 g/mol. The molecule has 2 rings (SSSR count). The fourth-order valence-electron chi connectivity index (χ4n) is 3.30. The van der Waals surface area contributed by atoms with Gasteiger partial charge in [-0.25, -0.2) is 0 Å². The fourth-order valence-corrected chi connectivity index (χ4v) is 3.30. The first-order valence-corrected chi connectivity index (χ1v) is 10.6. The summed E-state index contributed by atoms with van der Waals surface area (Å²) in [7, 11) is 0. The molecular formula is C22H36N2O4. The van der Waals surface area contributed by atoms with Gasteiger partial charge in [-0.05, 0) is 44.5 Å². The van der Waals surface area contributed by atoms with Crippen LogP contribution >= 0.6 is 0 Å². The van der Waals surface area contributed by atoms with Crippen LogP contribution in [-0.4, -0.2) is 62.5 Å². The van der Waals surface area contributed by atoms with Gasteiger partial charge in [0, 0.05) is 31.9 Å². The molecular weight excluding hydrogens is 356 g/mol. The number of benzene rings is 1. The van der Waals surface area contributed by atoms with Crippen LogP contribution < -0.4 is 10.1 Å². The van der Waals surface area contributed by atoms with Crippen LogP contribution in [-0.2, 0) is 14.3 Å². The number of unbranched alkanes of at least 4 members (excludes halogenated alkanes) is 2. The van der Waals surface area contributed by atoms with E-state index in [0.29, 0.717) is 13.2 Å². The Balaban J connectivity index is 1.81. The van der Waals surface area contributed by atoms with Gasteiger partial charge in [-0.2, -0.15) is 0 Å². The van der Waals surface area contributed by atoms with Gasteiger partial charge in [0.1, 0.15) is 18.0 Å². The van der Waals surface area contributed by atoms with E-state index in [9.17, 15) is 4.79 Å². The third-order valence-corrected chi connectivity index (χ3v) is 5.09. The number of ether oxygens (including phenoxy) is 3. The first kappa shape index (κ1) is 22.7. The minimum absolute atomic E-state index is 0.0913. The number of hydrogen-bond donors (Lipinski definition) is 1. The van der Waals surface area contributed by atoms with E-state index in [-0.39, 0.29) is 5.91 Å². The molecule has 0 bridgehead atoms. The fraction of sp³-hybridized carbons (Fsp3) is 0.682. The maximum Gasteiger partial charge on any atom is 0.256 e. The summed E-state index contributed by atoms with van der Waals surface area (Å²) < 4.78 is 17.0. The highest BCUT2D eigenvalue weighted by molar-refractivity contribution is 5.97. The molecule has 6 heteroatoms. The average Bonchev–Trinajstić information content (AvgIpc) is 2.70. The molecule has 0 aromatic heterocycles. The van der Waals surface area contributed by atoms with Gasteiger partial charge in [-0.1, -0.05) is 26.2 Å². The van der Waals surface area contributed by atoms with Crippen molar-refractivity contribution in [2.45, 2.75) is 52.1 Å². The third kappa shape index (κ3) is 7.41. The number of carbonyl (C=O) groups excluding carboxylic acids is 1. The summed E-state index contributed by atoms with van der Waals surface area (Å²) in [6, 6.07) is 7.54. The maximum absolute atomic E-state index is 12.8. The number of nitrogens with zero attached hydrogens (tertiary/aromatic N) is 1. The van der Waals surface area contributed by atoms with E-state index in [1.807, 2.05) is 38.1 Å². The van der Waals surface area contributed by atoms with Gasteiger partial charge in [0.15, 0.2) is 0 Å². The SMILES string of the molecule is CCCCC[C@](C)(OCC)C(=O)Nc1ccc(OCCN2CCOCC2)cc1. The molecule has 1 saturated heterocycles. The Hall–Kier alpha value is -1.63. The Bertz CT molecular complexity index is 572. The zero-order chi connectivity index (χ0) is 20.2. The summed E-state index contributed by atoms with van der Waals surface area (Å²) in [6.07, 6.45) is 3.93. The van der Waals surface area contributed by atoms with Crippen LogP contribution in [0.3, 0.4) is 0 Å². The lowest BCUT2D eigenvalue weighted by Gasteiger charge is -2.28.